The highest BCUT2D eigenvalue weighted by Gasteiger charge is 2.37. The highest BCUT2D eigenvalue weighted by atomic mass is 19.4. The minimum Gasteiger partial charge on any atom is -0.433 e. The lowest BCUT2D eigenvalue weighted by Crippen LogP contribution is -2.48. The topological polar surface area (TPSA) is 76.4 Å². The van der Waals surface area contributed by atoms with Crippen LogP contribution in [0.3, 0.4) is 0 Å². The van der Waals surface area contributed by atoms with Crippen LogP contribution in [0.15, 0.2) is 22.6 Å². The number of halogens is 3. The Morgan fingerprint density at radius 2 is 2.23 bits per heavy atom. The third-order valence-corrected chi connectivity index (χ3v) is 3.14. The predicted octanol–water partition coefficient (Wildman–Crippen LogP) is 1.77. The summed E-state index contributed by atoms with van der Waals surface area (Å²) < 4.78 is 47.4. The Hall–Kier alpha value is -2.13. The Morgan fingerprint density at radius 1 is 1.41 bits per heavy atom. The van der Waals surface area contributed by atoms with Gasteiger partial charge in [-0.3, -0.25) is 4.79 Å². The van der Waals surface area contributed by atoms with Gasteiger partial charge in [-0.25, -0.2) is 4.98 Å². The minimum absolute atomic E-state index is 0.00412. The number of hydrogen-bond donors (Lipinski definition) is 2. The van der Waals surface area contributed by atoms with Crippen LogP contribution in [-0.2, 0) is 15.7 Å². The quantitative estimate of drug-likeness (QED) is 0.883. The average molecular weight is 315 g/mol. The number of rotatable bonds is 2. The van der Waals surface area contributed by atoms with Gasteiger partial charge in [0.2, 0.25) is 5.91 Å². The molecule has 1 saturated heterocycles. The zero-order valence-electron chi connectivity index (χ0n) is 11.2. The number of benzene rings is 1. The number of oxazole rings is 1. The Morgan fingerprint density at radius 3 is 2.91 bits per heavy atom. The highest BCUT2D eigenvalue weighted by Crippen LogP contribution is 2.31. The lowest BCUT2D eigenvalue weighted by molar-refractivity contribution is -0.156. The van der Waals surface area contributed by atoms with Crippen molar-refractivity contribution in [1.82, 2.24) is 10.3 Å². The number of nitrogens with one attached hydrogen (secondary N) is 2. The molecule has 0 bridgehead atoms. The van der Waals surface area contributed by atoms with E-state index in [4.69, 9.17) is 4.74 Å². The van der Waals surface area contributed by atoms with E-state index in [9.17, 15) is 18.0 Å². The number of anilines is 1. The molecule has 1 aliphatic rings. The molecule has 6 nitrogen and oxygen atoms in total. The minimum atomic E-state index is -4.65. The normalized spacial score (nSPS) is 19.3. The summed E-state index contributed by atoms with van der Waals surface area (Å²) in [7, 11) is 0. The van der Waals surface area contributed by atoms with E-state index in [1.807, 2.05) is 0 Å². The van der Waals surface area contributed by atoms with Crippen LogP contribution < -0.4 is 10.6 Å². The fourth-order valence-corrected chi connectivity index (χ4v) is 2.09. The van der Waals surface area contributed by atoms with Crippen molar-refractivity contribution in [3.8, 4) is 0 Å². The van der Waals surface area contributed by atoms with Gasteiger partial charge in [0, 0.05) is 12.2 Å². The molecule has 2 N–H and O–H groups in total. The molecule has 2 aromatic rings. The van der Waals surface area contributed by atoms with Gasteiger partial charge in [-0.05, 0) is 18.2 Å². The molecular weight excluding hydrogens is 303 g/mol. The van der Waals surface area contributed by atoms with Gasteiger partial charge in [0.15, 0.2) is 5.58 Å². The second-order valence-corrected chi connectivity index (χ2v) is 4.77. The van der Waals surface area contributed by atoms with Crippen molar-refractivity contribution < 1.29 is 27.1 Å². The number of carbonyl (C=O) groups is 1. The number of ether oxygens (including phenoxy) is 1. The first kappa shape index (κ1) is 14.8. The predicted molar refractivity (Wildman–Crippen MR) is 70.3 cm³/mol. The summed E-state index contributed by atoms with van der Waals surface area (Å²) in [6, 6.07) is 3.62. The van der Waals surface area contributed by atoms with Crippen LogP contribution in [0.2, 0.25) is 0 Å². The van der Waals surface area contributed by atoms with Gasteiger partial charge in [0.05, 0.1) is 13.2 Å². The molecule has 1 fully saturated rings. The van der Waals surface area contributed by atoms with Crippen molar-refractivity contribution >= 4 is 22.7 Å². The van der Waals surface area contributed by atoms with Crippen LogP contribution >= 0.6 is 0 Å². The van der Waals surface area contributed by atoms with E-state index >= 15 is 0 Å². The maximum atomic E-state index is 12.5. The Labute approximate surface area is 122 Å². The zero-order valence-corrected chi connectivity index (χ0v) is 11.2. The summed E-state index contributed by atoms with van der Waals surface area (Å²) in [5, 5.41) is 5.59. The van der Waals surface area contributed by atoms with Gasteiger partial charge in [0.25, 0.3) is 0 Å². The van der Waals surface area contributed by atoms with Gasteiger partial charge >= 0.3 is 12.1 Å². The van der Waals surface area contributed by atoms with Crippen LogP contribution in [0.25, 0.3) is 11.1 Å². The first-order valence-corrected chi connectivity index (χ1v) is 6.53. The average Bonchev–Trinajstić information content (AvgIpc) is 2.91. The summed E-state index contributed by atoms with van der Waals surface area (Å²) in [5.41, 5.74) is 0.370. The molecule has 1 aromatic carbocycles. The molecule has 1 amide bonds. The van der Waals surface area contributed by atoms with E-state index in [2.05, 4.69) is 20.0 Å². The maximum Gasteiger partial charge on any atom is 0.468 e. The van der Waals surface area contributed by atoms with Crippen LogP contribution in [-0.4, -0.2) is 36.7 Å². The number of fused-ring (bicyclic) bond motifs is 1. The van der Waals surface area contributed by atoms with Gasteiger partial charge < -0.3 is 19.8 Å². The summed E-state index contributed by atoms with van der Waals surface area (Å²) >= 11 is 0. The van der Waals surface area contributed by atoms with Crippen LogP contribution in [0, 0.1) is 0 Å². The van der Waals surface area contributed by atoms with E-state index < -0.39 is 18.1 Å². The van der Waals surface area contributed by atoms with Crippen LogP contribution in [0.5, 0.6) is 0 Å². The molecule has 1 unspecified atom stereocenters. The third kappa shape index (κ3) is 3.04. The molecule has 0 saturated carbocycles. The number of aromatic nitrogens is 1. The summed E-state index contributed by atoms with van der Waals surface area (Å²) in [6.07, 6.45) is -4.65. The second kappa shape index (κ2) is 5.58. The summed E-state index contributed by atoms with van der Waals surface area (Å²) in [4.78, 5) is 15.4. The van der Waals surface area contributed by atoms with Gasteiger partial charge in [0.1, 0.15) is 11.6 Å². The molecule has 0 aliphatic carbocycles. The van der Waals surface area contributed by atoms with Gasteiger partial charge in [-0.2, -0.15) is 13.2 Å². The lowest BCUT2D eigenvalue weighted by Gasteiger charge is -2.22. The number of amides is 1. The smallest absolute Gasteiger partial charge is 0.433 e. The Kier molecular flexibility index (Phi) is 3.75. The zero-order chi connectivity index (χ0) is 15.7. The third-order valence-electron chi connectivity index (χ3n) is 3.14. The molecular formula is C13H12F3N3O3. The van der Waals surface area contributed by atoms with Crippen LogP contribution in [0.4, 0.5) is 18.9 Å². The largest absolute Gasteiger partial charge is 0.468 e. The number of nitrogens with zero attached hydrogens (tertiary/aromatic N) is 1. The van der Waals surface area contributed by atoms with Crippen molar-refractivity contribution in [2.45, 2.75) is 12.2 Å². The van der Waals surface area contributed by atoms with Crippen molar-refractivity contribution in [2.75, 3.05) is 25.1 Å². The number of morpholine rings is 1. The molecule has 1 aliphatic heterocycles. The first-order valence-electron chi connectivity index (χ1n) is 6.53. The molecule has 0 spiro atoms. The SMILES string of the molecule is O=C(Nc1ccc2oc(C(F)(F)F)nc2c1)C1COCCN1. The first-order chi connectivity index (χ1) is 10.4. The fraction of sp³-hybridized carbons (Fsp3) is 0.385. The Bertz CT molecular complexity index is 693. The van der Waals surface area contributed by atoms with E-state index in [1.54, 1.807) is 0 Å². The van der Waals surface area contributed by atoms with Gasteiger partial charge in [-0.15, -0.1) is 0 Å². The molecule has 1 aromatic heterocycles. The monoisotopic (exact) mass is 315 g/mol. The van der Waals surface area contributed by atoms with E-state index in [1.165, 1.54) is 18.2 Å². The summed E-state index contributed by atoms with van der Waals surface area (Å²) in [6.45, 7) is 1.35. The van der Waals surface area contributed by atoms with Gasteiger partial charge in [-0.1, -0.05) is 0 Å². The van der Waals surface area contributed by atoms with E-state index in [0.29, 0.717) is 18.8 Å². The molecule has 0 radical (unpaired) electrons. The van der Waals surface area contributed by atoms with Crippen molar-refractivity contribution in [3.63, 3.8) is 0 Å². The van der Waals surface area contributed by atoms with Crippen LogP contribution in [0.1, 0.15) is 5.89 Å². The standard InChI is InChI=1S/C13H12F3N3O3/c14-13(15,16)12-19-8-5-7(1-2-10(8)22-12)18-11(20)9-6-21-4-3-17-9/h1-2,5,9,17H,3-4,6H2,(H,18,20). The molecule has 2 heterocycles. The summed E-state index contributed by atoms with van der Waals surface area (Å²) in [5.74, 6) is -1.63. The number of alkyl halides is 3. The molecule has 118 valence electrons. The van der Waals surface area contributed by atoms with E-state index in [0.717, 1.165) is 0 Å². The lowest BCUT2D eigenvalue weighted by atomic mass is 10.2. The Balaban J connectivity index is 1.78. The fourth-order valence-electron chi connectivity index (χ4n) is 2.09. The van der Waals surface area contributed by atoms with Crippen molar-refractivity contribution in [1.29, 1.82) is 0 Å². The van der Waals surface area contributed by atoms with Crippen molar-refractivity contribution in [3.05, 3.63) is 24.1 Å². The number of carbonyl (C=O) groups excluding carboxylic acids is 1. The molecule has 22 heavy (non-hydrogen) atoms. The molecule has 1 atom stereocenters. The molecule has 9 heteroatoms. The number of hydrogen-bond acceptors (Lipinski definition) is 5. The highest BCUT2D eigenvalue weighted by molar-refractivity contribution is 5.96. The second-order valence-electron chi connectivity index (χ2n) is 4.77. The van der Waals surface area contributed by atoms with Crippen molar-refractivity contribution in [2.24, 2.45) is 0 Å². The maximum absolute atomic E-state index is 12.5. The molecule has 3 rings (SSSR count). The van der Waals surface area contributed by atoms with E-state index in [-0.39, 0.29) is 23.6 Å².